The maximum atomic E-state index is 13.4. The van der Waals surface area contributed by atoms with Crippen LogP contribution in [0, 0.1) is 5.82 Å². The van der Waals surface area contributed by atoms with E-state index in [4.69, 9.17) is 20.3 Å². The normalized spacial score (nSPS) is 14.6. The first-order chi connectivity index (χ1) is 8.50. The molecule has 1 aliphatic rings. The third-order valence-corrected chi connectivity index (χ3v) is 2.67. The molecule has 98 valence electrons. The number of nitrogens with two attached hydrogens (primary N) is 1. The van der Waals surface area contributed by atoms with E-state index in [9.17, 15) is 14.3 Å². The molecule has 7 heteroatoms. The van der Waals surface area contributed by atoms with E-state index in [0.717, 1.165) is 6.07 Å². The lowest BCUT2D eigenvalue weighted by Crippen LogP contribution is -2.13. The Balaban J connectivity index is 2.34. The van der Waals surface area contributed by atoms with Crippen LogP contribution in [0.1, 0.15) is 24.4 Å². The number of aliphatic carboxylic acids is 1. The first-order valence-electron chi connectivity index (χ1n) is 5.29. The summed E-state index contributed by atoms with van der Waals surface area (Å²) in [7, 11) is 0. The SMILES string of the molecule is NC(CCC(=O)O)c1c(O)c(F)cc2c1OCO2. The number of carboxylic acid groups (broad SMARTS) is 1. The van der Waals surface area contributed by atoms with Crippen LogP contribution in [0.5, 0.6) is 17.2 Å². The topological polar surface area (TPSA) is 102 Å². The highest BCUT2D eigenvalue weighted by Crippen LogP contribution is 2.45. The van der Waals surface area contributed by atoms with Crippen molar-refractivity contribution in [2.45, 2.75) is 18.9 Å². The van der Waals surface area contributed by atoms with Gasteiger partial charge >= 0.3 is 5.97 Å². The van der Waals surface area contributed by atoms with Crippen molar-refractivity contribution in [1.82, 2.24) is 0 Å². The predicted molar refractivity (Wildman–Crippen MR) is 58.0 cm³/mol. The minimum Gasteiger partial charge on any atom is -0.504 e. The molecule has 1 heterocycles. The van der Waals surface area contributed by atoms with Gasteiger partial charge in [-0.2, -0.15) is 0 Å². The Morgan fingerprint density at radius 3 is 2.94 bits per heavy atom. The molecule has 1 aromatic rings. The van der Waals surface area contributed by atoms with Gasteiger partial charge in [-0.15, -0.1) is 0 Å². The molecule has 0 bridgehead atoms. The number of phenols is 1. The van der Waals surface area contributed by atoms with Crippen LogP contribution in [0.15, 0.2) is 6.07 Å². The molecular weight excluding hydrogens is 245 g/mol. The van der Waals surface area contributed by atoms with Crippen LogP contribution in [0.3, 0.4) is 0 Å². The highest BCUT2D eigenvalue weighted by molar-refractivity contribution is 5.67. The van der Waals surface area contributed by atoms with E-state index in [1.165, 1.54) is 0 Å². The first-order valence-corrected chi connectivity index (χ1v) is 5.29. The van der Waals surface area contributed by atoms with Crippen molar-refractivity contribution in [3.05, 3.63) is 17.4 Å². The number of hydrogen-bond donors (Lipinski definition) is 3. The number of phenolic OH excluding ortho intramolecular Hbond substituents is 1. The fraction of sp³-hybridized carbons (Fsp3) is 0.364. The zero-order chi connectivity index (χ0) is 13.3. The fourth-order valence-corrected chi connectivity index (χ4v) is 1.79. The second-order valence-electron chi connectivity index (χ2n) is 3.89. The van der Waals surface area contributed by atoms with Crippen LogP contribution in [-0.4, -0.2) is 23.0 Å². The summed E-state index contributed by atoms with van der Waals surface area (Å²) in [5.74, 6) is -2.19. The van der Waals surface area contributed by atoms with Crippen molar-refractivity contribution in [1.29, 1.82) is 0 Å². The van der Waals surface area contributed by atoms with Crippen molar-refractivity contribution < 1.29 is 28.9 Å². The van der Waals surface area contributed by atoms with Crippen molar-refractivity contribution in [2.24, 2.45) is 5.73 Å². The van der Waals surface area contributed by atoms with E-state index in [2.05, 4.69) is 0 Å². The Morgan fingerprint density at radius 2 is 2.28 bits per heavy atom. The number of hydrogen-bond acceptors (Lipinski definition) is 5. The van der Waals surface area contributed by atoms with Crippen LogP contribution >= 0.6 is 0 Å². The molecule has 2 rings (SSSR count). The molecule has 1 aliphatic heterocycles. The van der Waals surface area contributed by atoms with E-state index in [1.807, 2.05) is 0 Å². The summed E-state index contributed by atoms with van der Waals surface area (Å²) in [6.07, 6.45) is -0.130. The molecule has 0 aromatic heterocycles. The largest absolute Gasteiger partial charge is 0.504 e. The van der Waals surface area contributed by atoms with Crippen molar-refractivity contribution in [2.75, 3.05) is 6.79 Å². The lowest BCUT2D eigenvalue weighted by atomic mass is 10.00. The number of carbonyl (C=O) groups is 1. The fourth-order valence-electron chi connectivity index (χ4n) is 1.79. The van der Waals surface area contributed by atoms with Crippen LogP contribution in [0.4, 0.5) is 4.39 Å². The predicted octanol–water partition coefficient (Wildman–Crippen LogP) is 1.12. The van der Waals surface area contributed by atoms with Gasteiger partial charge in [0.15, 0.2) is 23.1 Å². The number of fused-ring (bicyclic) bond motifs is 1. The maximum absolute atomic E-state index is 13.4. The van der Waals surface area contributed by atoms with Gasteiger partial charge in [0.2, 0.25) is 6.79 Å². The lowest BCUT2D eigenvalue weighted by molar-refractivity contribution is -0.137. The molecular formula is C11H12FNO5. The summed E-state index contributed by atoms with van der Waals surface area (Å²) in [4.78, 5) is 10.5. The minimum absolute atomic E-state index is 0.0451. The maximum Gasteiger partial charge on any atom is 0.303 e. The summed E-state index contributed by atoms with van der Waals surface area (Å²) in [5, 5.41) is 18.2. The molecule has 0 radical (unpaired) electrons. The van der Waals surface area contributed by atoms with Gasteiger partial charge in [-0.25, -0.2) is 4.39 Å². The molecule has 0 saturated carbocycles. The molecule has 0 spiro atoms. The van der Waals surface area contributed by atoms with Crippen LogP contribution < -0.4 is 15.2 Å². The third kappa shape index (κ3) is 2.17. The average molecular weight is 257 g/mol. The highest BCUT2D eigenvalue weighted by atomic mass is 19.1. The van der Waals surface area contributed by atoms with E-state index in [0.29, 0.717) is 0 Å². The Labute approximate surface area is 102 Å². The van der Waals surface area contributed by atoms with E-state index in [1.54, 1.807) is 0 Å². The van der Waals surface area contributed by atoms with Crippen molar-refractivity contribution in [3.8, 4) is 17.2 Å². The monoisotopic (exact) mass is 257 g/mol. The second-order valence-corrected chi connectivity index (χ2v) is 3.89. The number of ether oxygens (including phenoxy) is 2. The van der Waals surface area contributed by atoms with Crippen LogP contribution in [0.25, 0.3) is 0 Å². The van der Waals surface area contributed by atoms with Gasteiger partial charge in [-0.1, -0.05) is 0 Å². The molecule has 0 saturated heterocycles. The standard InChI is InChI=1S/C11H12FNO5/c12-5-3-7-11(18-4-17-7)9(10(5)16)6(13)1-2-8(14)15/h3,6,16H,1-2,4,13H2,(H,14,15). The van der Waals surface area contributed by atoms with Gasteiger partial charge in [0.1, 0.15) is 0 Å². The molecule has 4 N–H and O–H groups in total. The molecule has 0 fully saturated rings. The van der Waals surface area contributed by atoms with E-state index < -0.39 is 23.6 Å². The number of carboxylic acids is 1. The zero-order valence-electron chi connectivity index (χ0n) is 9.35. The third-order valence-electron chi connectivity index (χ3n) is 2.67. The molecule has 18 heavy (non-hydrogen) atoms. The Hall–Kier alpha value is -2.02. The minimum atomic E-state index is -1.02. The number of halogens is 1. The van der Waals surface area contributed by atoms with Crippen LogP contribution in [-0.2, 0) is 4.79 Å². The summed E-state index contributed by atoms with van der Waals surface area (Å²) in [6, 6.07) is 0.165. The van der Waals surface area contributed by atoms with Crippen molar-refractivity contribution in [3.63, 3.8) is 0 Å². The molecule has 0 aliphatic carbocycles. The van der Waals surface area contributed by atoms with Gasteiger partial charge < -0.3 is 25.4 Å². The molecule has 1 aromatic carbocycles. The Kier molecular flexibility index (Phi) is 3.24. The quantitative estimate of drug-likeness (QED) is 0.747. The zero-order valence-corrected chi connectivity index (χ0v) is 9.35. The first kappa shape index (κ1) is 12.4. The van der Waals surface area contributed by atoms with Gasteiger partial charge in [-0.05, 0) is 6.42 Å². The Bertz CT molecular complexity index is 491. The average Bonchev–Trinajstić information content (AvgIpc) is 2.74. The van der Waals surface area contributed by atoms with Gasteiger partial charge in [0, 0.05) is 18.5 Å². The number of rotatable bonds is 4. The second kappa shape index (κ2) is 4.69. The Morgan fingerprint density at radius 1 is 1.56 bits per heavy atom. The van der Waals surface area contributed by atoms with Crippen LogP contribution in [0.2, 0.25) is 0 Å². The smallest absolute Gasteiger partial charge is 0.303 e. The highest BCUT2D eigenvalue weighted by Gasteiger charge is 2.28. The van der Waals surface area contributed by atoms with E-state index in [-0.39, 0.29) is 36.7 Å². The molecule has 1 unspecified atom stereocenters. The summed E-state index contributed by atoms with van der Waals surface area (Å²) < 4.78 is 23.6. The van der Waals surface area contributed by atoms with Gasteiger partial charge in [-0.3, -0.25) is 4.79 Å². The van der Waals surface area contributed by atoms with Crippen molar-refractivity contribution >= 4 is 5.97 Å². The summed E-state index contributed by atoms with van der Waals surface area (Å²) in [6.45, 7) is -0.0864. The van der Waals surface area contributed by atoms with Gasteiger partial charge in [0.25, 0.3) is 0 Å². The summed E-state index contributed by atoms with van der Waals surface area (Å²) >= 11 is 0. The number of aromatic hydroxyl groups is 1. The molecule has 1 atom stereocenters. The summed E-state index contributed by atoms with van der Waals surface area (Å²) in [5.41, 5.74) is 5.81. The lowest BCUT2D eigenvalue weighted by Gasteiger charge is -2.15. The molecule has 0 amide bonds. The van der Waals surface area contributed by atoms with Gasteiger partial charge in [0.05, 0.1) is 5.56 Å². The number of benzene rings is 1. The molecule has 6 nitrogen and oxygen atoms in total. The van der Waals surface area contributed by atoms with E-state index >= 15 is 0 Å².